The van der Waals surface area contributed by atoms with Crippen LogP contribution >= 0.6 is 0 Å². The van der Waals surface area contributed by atoms with Crippen LogP contribution in [0.25, 0.3) is 5.65 Å². The van der Waals surface area contributed by atoms with E-state index < -0.39 is 0 Å². The second-order valence-corrected chi connectivity index (χ2v) is 4.05. The molecule has 0 aliphatic heterocycles. The predicted molar refractivity (Wildman–Crippen MR) is 56.6 cm³/mol. The number of aromatic nitrogens is 3. The molecule has 0 amide bonds. The molecular weight excluding hydrogens is 174 g/mol. The first-order chi connectivity index (χ1) is 6.58. The minimum Gasteiger partial charge on any atom is -0.232 e. The normalized spacial score (nSPS) is 11.5. The molecule has 0 saturated heterocycles. The van der Waals surface area contributed by atoms with Gasteiger partial charge in [-0.3, -0.25) is 0 Å². The van der Waals surface area contributed by atoms with Crippen molar-refractivity contribution in [3.05, 3.63) is 29.2 Å². The first kappa shape index (κ1) is 9.19. The third-order valence-corrected chi connectivity index (χ3v) is 2.32. The van der Waals surface area contributed by atoms with E-state index in [0.717, 1.165) is 17.0 Å². The van der Waals surface area contributed by atoms with Crippen LogP contribution in [0, 0.1) is 13.8 Å². The highest BCUT2D eigenvalue weighted by atomic mass is 15.2. The van der Waals surface area contributed by atoms with E-state index >= 15 is 0 Å². The molecule has 0 atom stereocenters. The van der Waals surface area contributed by atoms with E-state index in [1.54, 1.807) is 0 Å². The third kappa shape index (κ3) is 1.39. The summed E-state index contributed by atoms with van der Waals surface area (Å²) in [6.07, 6.45) is 1.97. The molecule has 0 saturated carbocycles. The van der Waals surface area contributed by atoms with E-state index in [2.05, 4.69) is 30.0 Å². The lowest BCUT2D eigenvalue weighted by molar-refractivity contribution is 0.821. The first-order valence-corrected chi connectivity index (χ1v) is 4.91. The standard InChI is InChI=1S/C11H15N3/c1-7(2)10-5-8(3)13-14-6-9(4)12-11(10)14/h5-7H,1-4H3. The lowest BCUT2D eigenvalue weighted by atomic mass is 10.1. The number of nitrogens with zero attached hydrogens (tertiary/aromatic N) is 3. The second-order valence-electron chi connectivity index (χ2n) is 4.05. The molecule has 2 aromatic heterocycles. The van der Waals surface area contributed by atoms with Gasteiger partial charge in [0.2, 0.25) is 0 Å². The van der Waals surface area contributed by atoms with E-state index in [0.29, 0.717) is 5.92 Å². The van der Waals surface area contributed by atoms with Crippen LogP contribution in [-0.4, -0.2) is 14.6 Å². The molecule has 2 aromatic rings. The quantitative estimate of drug-likeness (QED) is 0.689. The molecule has 0 aromatic carbocycles. The average Bonchev–Trinajstić information content (AvgIpc) is 2.42. The van der Waals surface area contributed by atoms with Gasteiger partial charge < -0.3 is 0 Å². The van der Waals surface area contributed by atoms with Crippen LogP contribution in [0.5, 0.6) is 0 Å². The number of imidazole rings is 1. The molecule has 2 rings (SSSR count). The number of hydrogen-bond acceptors (Lipinski definition) is 2. The maximum atomic E-state index is 4.48. The van der Waals surface area contributed by atoms with Crippen molar-refractivity contribution in [1.29, 1.82) is 0 Å². The summed E-state index contributed by atoms with van der Waals surface area (Å²) in [6, 6.07) is 2.12. The van der Waals surface area contributed by atoms with Gasteiger partial charge in [0, 0.05) is 5.56 Å². The Hall–Kier alpha value is -1.38. The minimum atomic E-state index is 0.487. The Morgan fingerprint density at radius 1 is 1.21 bits per heavy atom. The molecule has 2 heterocycles. The van der Waals surface area contributed by atoms with Gasteiger partial charge in [-0.1, -0.05) is 13.8 Å². The Kier molecular flexibility index (Phi) is 2.02. The largest absolute Gasteiger partial charge is 0.232 e. The van der Waals surface area contributed by atoms with Crippen molar-refractivity contribution in [2.45, 2.75) is 33.6 Å². The highest BCUT2D eigenvalue weighted by Crippen LogP contribution is 2.19. The molecule has 0 spiro atoms. The van der Waals surface area contributed by atoms with Gasteiger partial charge in [0.1, 0.15) is 0 Å². The Labute approximate surface area is 83.8 Å². The summed E-state index contributed by atoms with van der Waals surface area (Å²) in [4.78, 5) is 4.48. The maximum absolute atomic E-state index is 4.48. The van der Waals surface area contributed by atoms with Gasteiger partial charge in [-0.05, 0) is 25.8 Å². The molecule has 74 valence electrons. The number of hydrogen-bond donors (Lipinski definition) is 0. The summed E-state index contributed by atoms with van der Waals surface area (Å²) in [6.45, 7) is 8.37. The summed E-state index contributed by atoms with van der Waals surface area (Å²) in [5.41, 5.74) is 4.32. The van der Waals surface area contributed by atoms with E-state index in [1.807, 2.05) is 24.6 Å². The summed E-state index contributed by atoms with van der Waals surface area (Å²) in [5, 5.41) is 4.39. The molecule has 3 heteroatoms. The summed E-state index contributed by atoms with van der Waals surface area (Å²) < 4.78 is 1.88. The molecule has 0 unspecified atom stereocenters. The molecule has 0 aliphatic carbocycles. The predicted octanol–water partition coefficient (Wildman–Crippen LogP) is 2.47. The third-order valence-electron chi connectivity index (χ3n) is 2.32. The number of aryl methyl sites for hydroxylation is 2. The average molecular weight is 189 g/mol. The zero-order chi connectivity index (χ0) is 10.3. The zero-order valence-corrected chi connectivity index (χ0v) is 9.07. The van der Waals surface area contributed by atoms with Crippen LogP contribution < -0.4 is 0 Å². The Bertz CT molecular complexity index is 469. The molecule has 0 radical (unpaired) electrons. The van der Waals surface area contributed by atoms with Gasteiger partial charge in [-0.15, -0.1) is 0 Å². The molecule has 3 nitrogen and oxygen atoms in total. The molecule has 0 fully saturated rings. The molecule has 0 aliphatic rings. The van der Waals surface area contributed by atoms with Crippen molar-refractivity contribution in [3.63, 3.8) is 0 Å². The van der Waals surface area contributed by atoms with E-state index in [1.165, 1.54) is 5.56 Å². The van der Waals surface area contributed by atoms with E-state index in [-0.39, 0.29) is 0 Å². The van der Waals surface area contributed by atoms with Crippen LogP contribution in [0.4, 0.5) is 0 Å². The first-order valence-electron chi connectivity index (χ1n) is 4.91. The van der Waals surface area contributed by atoms with Gasteiger partial charge in [-0.2, -0.15) is 5.10 Å². The van der Waals surface area contributed by atoms with Crippen LogP contribution in [0.15, 0.2) is 12.3 Å². The molecule has 0 bridgehead atoms. The van der Waals surface area contributed by atoms with Crippen molar-refractivity contribution < 1.29 is 0 Å². The van der Waals surface area contributed by atoms with Gasteiger partial charge in [-0.25, -0.2) is 9.50 Å². The van der Waals surface area contributed by atoms with Crippen molar-refractivity contribution in [2.75, 3.05) is 0 Å². The van der Waals surface area contributed by atoms with Gasteiger partial charge in [0.15, 0.2) is 5.65 Å². The van der Waals surface area contributed by atoms with E-state index in [9.17, 15) is 0 Å². The van der Waals surface area contributed by atoms with Crippen molar-refractivity contribution >= 4 is 5.65 Å². The molecule has 14 heavy (non-hydrogen) atoms. The maximum Gasteiger partial charge on any atom is 0.157 e. The lowest BCUT2D eigenvalue weighted by Crippen LogP contribution is -2.00. The number of rotatable bonds is 1. The smallest absolute Gasteiger partial charge is 0.157 e. The Morgan fingerprint density at radius 2 is 1.93 bits per heavy atom. The van der Waals surface area contributed by atoms with Gasteiger partial charge in [0.25, 0.3) is 0 Å². The fourth-order valence-corrected chi connectivity index (χ4v) is 1.67. The topological polar surface area (TPSA) is 30.2 Å². The van der Waals surface area contributed by atoms with Crippen LogP contribution in [0.1, 0.15) is 36.7 Å². The van der Waals surface area contributed by atoms with Crippen LogP contribution in [0.3, 0.4) is 0 Å². The van der Waals surface area contributed by atoms with Crippen molar-refractivity contribution in [2.24, 2.45) is 0 Å². The Balaban J connectivity index is 2.79. The second kappa shape index (κ2) is 3.08. The van der Waals surface area contributed by atoms with Crippen LogP contribution in [0.2, 0.25) is 0 Å². The van der Waals surface area contributed by atoms with E-state index in [4.69, 9.17) is 0 Å². The number of fused-ring (bicyclic) bond motifs is 1. The minimum absolute atomic E-state index is 0.487. The summed E-state index contributed by atoms with van der Waals surface area (Å²) in [5.74, 6) is 0.487. The highest BCUT2D eigenvalue weighted by molar-refractivity contribution is 5.49. The zero-order valence-electron chi connectivity index (χ0n) is 9.07. The fraction of sp³-hybridized carbons (Fsp3) is 0.455. The highest BCUT2D eigenvalue weighted by Gasteiger charge is 2.09. The Morgan fingerprint density at radius 3 is 2.57 bits per heavy atom. The molecular formula is C11H15N3. The van der Waals surface area contributed by atoms with Gasteiger partial charge >= 0.3 is 0 Å². The molecule has 0 N–H and O–H groups in total. The fourth-order valence-electron chi connectivity index (χ4n) is 1.67. The van der Waals surface area contributed by atoms with Crippen molar-refractivity contribution in [1.82, 2.24) is 14.6 Å². The monoisotopic (exact) mass is 189 g/mol. The lowest BCUT2D eigenvalue weighted by Gasteiger charge is -2.07. The van der Waals surface area contributed by atoms with Gasteiger partial charge in [0.05, 0.1) is 17.6 Å². The van der Waals surface area contributed by atoms with Crippen LogP contribution in [-0.2, 0) is 0 Å². The summed E-state index contributed by atoms with van der Waals surface area (Å²) >= 11 is 0. The summed E-state index contributed by atoms with van der Waals surface area (Å²) in [7, 11) is 0. The SMILES string of the molecule is Cc1cn2nc(C)cc(C(C)C)c2n1. The van der Waals surface area contributed by atoms with Crippen molar-refractivity contribution in [3.8, 4) is 0 Å².